The van der Waals surface area contributed by atoms with E-state index in [4.69, 9.17) is 23.8 Å². The Morgan fingerprint density at radius 3 is 1.76 bits per heavy atom. The van der Waals surface area contributed by atoms with Crippen LogP contribution < -0.4 is 0 Å². The second-order valence-corrected chi connectivity index (χ2v) is 16.2. The summed E-state index contributed by atoms with van der Waals surface area (Å²) >= 11 is 0. The van der Waals surface area contributed by atoms with Crippen LogP contribution >= 0.6 is 7.82 Å². The Morgan fingerprint density at radius 2 is 1.14 bits per heavy atom. The number of hydrogen-bond donors (Lipinski definition) is 3. The van der Waals surface area contributed by atoms with Crippen molar-refractivity contribution in [2.75, 3.05) is 26.4 Å². The van der Waals surface area contributed by atoms with E-state index < -0.39 is 51.8 Å². The molecule has 3 unspecified atom stereocenters. The fourth-order valence-corrected chi connectivity index (χ4v) is 6.52. The minimum atomic E-state index is -4.64. The molecule has 1 aliphatic rings. The molecule has 0 aromatic rings. The molecule has 0 aliphatic carbocycles. The number of rotatable bonds is 39. The molecule has 5 atom stereocenters. The van der Waals surface area contributed by atoms with E-state index >= 15 is 0 Å². The van der Waals surface area contributed by atoms with Crippen LogP contribution in [0.2, 0.25) is 0 Å². The van der Waals surface area contributed by atoms with Gasteiger partial charge in [0.2, 0.25) is 0 Å². The summed E-state index contributed by atoms with van der Waals surface area (Å²) in [4.78, 5) is 35.0. The quantitative estimate of drug-likeness (QED) is 0.0178. The third-order valence-electron chi connectivity index (χ3n) is 9.26. The van der Waals surface area contributed by atoms with Gasteiger partial charge >= 0.3 is 19.8 Å². The first-order chi connectivity index (χ1) is 28.2. The van der Waals surface area contributed by atoms with Gasteiger partial charge in [-0.15, -0.1) is 0 Å². The number of hydrogen-bond acceptors (Lipinski definition) is 10. The summed E-state index contributed by atoms with van der Waals surface area (Å²) < 4.78 is 38.4. The van der Waals surface area contributed by atoms with Crippen molar-refractivity contribution in [3.05, 3.63) is 72.9 Å². The zero-order valence-electron chi connectivity index (χ0n) is 35.7. The van der Waals surface area contributed by atoms with Gasteiger partial charge in [0.05, 0.1) is 32.0 Å². The number of unbranched alkanes of at least 4 members (excludes halogenated alkanes) is 10. The smallest absolute Gasteiger partial charge is 0.462 e. The molecule has 0 amide bonds. The maximum absolute atomic E-state index is 12.6. The molecule has 0 bridgehead atoms. The van der Waals surface area contributed by atoms with E-state index in [1.54, 1.807) is 0 Å². The van der Waals surface area contributed by atoms with Gasteiger partial charge in [0.15, 0.2) is 6.10 Å². The molecule has 0 spiro atoms. The van der Waals surface area contributed by atoms with E-state index in [9.17, 15) is 24.2 Å². The number of aliphatic hydroxyl groups excluding tert-OH is 2. The third-order valence-corrected chi connectivity index (χ3v) is 10.2. The highest BCUT2D eigenvalue weighted by molar-refractivity contribution is 7.47. The molecule has 3 N–H and O–H groups in total. The maximum Gasteiger partial charge on any atom is 0.472 e. The summed E-state index contributed by atoms with van der Waals surface area (Å²) in [6, 6.07) is 0. The summed E-state index contributed by atoms with van der Waals surface area (Å²) in [5, 5.41) is 18.3. The van der Waals surface area contributed by atoms with E-state index in [1.165, 1.54) is 44.9 Å². The van der Waals surface area contributed by atoms with Gasteiger partial charge in [-0.3, -0.25) is 18.6 Å². The largest absolute Gasteiger partial charge is 0.472 e. The molecule has 12 heteroatoms. The summed E-state index contributed by atoms with van der Waals surface area (Å²) in [6.07, 6.45) is 44.7. The van der Waals surface area contributed by atoms with Crippen LogP contribution in [-0.2, 0) is 37.4 Å². The second-order valence-electron chi connectivity index (χ2n) is 14.7. The van der Waals surface area contributed by atoms with Gasteiger partial charge in [-0.25, -0.2) is 4.57 Å². The van der Waals surface area contributed by atoms with E-state index in [1.807, 2.05) is 6.08 Å². The van der Waals surface area contributed by atoms with Crippen molar-refractivity contribution < 1.29 is 52.5 Å². The van der Waals surface area contributed by atoms with Gasteiger partial charge in [0, 0.05) is 12.8 Å². The van der Waals surface area contributed by atoms with Gasteiger partial charge in [-0.05, 0) is 83.5 Å². The van der Waals surface area contributed by atoms with Crippen molar-refractivity contribution in [1.29, 1.82) is 0 Å². The topological polar surface area (TPSA) is 161 Å². The highest BCUT2D eigenvalue weighted by atomic mass is 31.2. The number of ether oxygens (including phenoxy) is 3. The zero-order valence-corrected chi connectivity index (χ0v) is 36.6. The Hall–Kier alpha value is -2.63. The van der Waals surface area contributed by atoms with Crippen molar-refractivity contribution in [3.63, 3.8) is 0 Å². The molecule has 0 saturated carbocycles. The van der Waals surface area contributed by atoms with Gasteiger partial charge in [-0.2, -0.15) is 0 Å². The average molecular weight is 837 g/mol. The molecule has 0 aromatic carbocycles. The van der Waals surface area contributed by atoms with E-state index in [0.717, 1.165) is 64.2 Å². The molecule has 0 radical (unpaired) electrons. The van der Waals surface area contributed by atoms with Crippen molar-refractivity contribution in [1.82, 2.24) is 0 Å². The Labute approximate surface area is 350 Å². The lowest BCUT2D eigenvalue weighted by molar-refractivity contribution is -0.161. The van der Waals surface area contributed by atoms with Crippen molar-refractivity contribution in [2.45, 2.75) is 180 Å². The SMILES string of the molecule is CCCCC/C=C\C/C=C\C/C=C\CCCCCCC(=O)O[C@H](COC(=O)CCC/C=C\C/C=C\C/C=C\CC1OC1CCCCC)COP(=O)(O)OC[C@@H](O)CO. The third kappa shape index (κ3) is 34.3. The van der Waals surface area contributed by atoms with Crippen LogP contribution in [0.3, 0.4) is 0 Å². The molecule has 11 nitrogen and oxygen atoms in total. The Kier molecular flexibility index (Phi) is 34.4. The number of phosphoric ester groups is 1. The normalized spacial score (nSPS) is 18.0. The van der Waals surface area contributed by atoms with Crippen molar-refractivity contribution >= 4 is 19.8 Å². The van der Waals surface area contributed by atoms with Crippen LogP contribution in [0.5, 0.6) is 0 Å². The van der Waals surface area contributed by atoms with E-state index in [0.29, 0.717) is 31.5 Å². The Morgan fingerprint density at radius 1 is 0.621 bits per heavy atom. The highest BCUT2D eigenvalue weighted by Crippen LogP contribution is 2.43. The molecule has 332 valence electrons. The molecule has 0 aromatic heterocycles. The predicted molar refractivity (Wildman–Crippen MR) is 232 cm³/mol. The first-order valence-electron chi connectivity index (χ1n) is 22.0. The first kappa shape index (κ1) is 53.4. The summed E-state index contributed by atoms with van der Waals surface area (Å²) in [5.74, 6) is -1.03. The summed E-state index contributed by atoms with van der Waals surface area (Å²) in [7, 11) is -4.64. The maximum atomic E-state index is 12.6. The minimum Gasteiger partial charge on any atom is -0.462 e. The van der Waals surface area contributed by atoms with Crippen LogP contribution in [0.4, 0.5) is 0 Å². The number of epoxide rings is 1. The molecule has 1 rings (SSSR count). The van der Waals surface area contributed by atoms with Gasteiger partial charge in [-0.1, -0.05) is 132 Å². The molecule has 1 aliphatic heterocycles. The van der Waals surface area contributed by atoms with Gasteiger partial charge in [0.1, 0.15) is 12.7 Å². The standard InChI is InChI=1S/C46H77O11P/c1-3-5-7-8-9-10-11-12-13-14-15-16-17-22-25-28-32-36-46(50)56-42(40-55-58(51,52)54-38-41(48)37-47)39-53-45(49)35-31-27-24-21-19-18-20-23-26-30-34-44-43(57-44)33-29-6-4-2/h9-10,12-13,15-16,18,20-21,24,26,30,41-44,47-48H,3-8,11,14,17,19,22-23,25,27-29,31-40H2,1-2H3,(H,51,52)/b10-9-,13-12-,16-15-,20-18-,24-21-,30-26-/t41-,42+,43?,44?/m0/s1. The van der Waals surface area contributed by atoms with Crippen LogP contribution in [-0.4, -0.2) is 77.9 Å². The number of aliphatic hydroxyl groups is 2. The monoisotopic (exact) mass is 837 g/mol. The lowest BCUT2D eigenvalue weighted by atomic mass is 10.1. The number of esters is 2. The lowest BCUT2D eigenvalue weighted by Gasteiger charge is -2.20. The molecule has 1 fully saturated rings. The van der Waals surface area contributed by atoms with Crippen LogP contribution in [0.1, 0.15) is 155 Å². The lowest BCUT2D eigenvalue weighted by Crippen LogP contribution is -2.29. The van der Waals surface area contributed by atoms with Crippen molar-refractivity contribution in [2.24, 2.45) is 0 Å². The van der Waals surface area contributed by atoms with E-state index in [-0.39, 0.29) is 19.4 Å². The van der Waals surface area contributed by atoms with Crippen LogP contribution in [0, 0.1) is 0 Å². The van der Waals surface area contributed by atoms with Gasteiger partial charge < -0.3 is 29.3 Å². The molecule has 58 heavy (non-hydrogen) atoms. The Balaban J connectivity index is 2.31. The van der Waals surface area contributed by atoms with Crippen LogP contribution in [0.25, 0.3) is 0 Å². The molecular weight excluding hydrogens is 759 g/mol. The van der Waals surface area contributed by atoms with Crippen LogP contribution in [0.15, 0.2) is 72.9 Å². The van der Waals surface area contributed by atoms with E-state index in [2.05, 4.69) is 85.2 Å². The summed E-state index contributed by atoms with van der Waals surface area (Å²) in [5.41, 5.74) is 0. The minimum absolute atomic E-state index is 0.141. The molecule has 1 saturated heterocycles. The molecular formula is C46H77O11P. The fraction of sp³-hybridized carbons (Fsp3) is 0.696. The van der Waals surface area contributed by atoms with Crippen molar-refractivity contribution in [3.8, 4) is 0 Å². The predicted octanol–water partition coefficient (Wildman–Crippen LogP) is 10.7. The number of carbonyl (C=O) groups is 2. The Bertz CT molecular complexity index is 1260. The second kappa shape index (κ2) is 37.4. The fourth-order valence-electron chi connectivity index (χ4n) is 5.73. The number of carbonyl (C=O) groups excluding carboxylic acids is 2. The number of allylic oxidation sites excluding steroid dienone is 11. The zero-order chi connectivity index (χ0) is 42.4. The first-order valence-corrected chi connectivity index (χ1v) is 23.5. The van der Waals surface area contributed by atoms with Gasteiger partial charge in [0.25, 0.3) is 0 Å². The average Bonchev–Trinajstić information content (AvgIpc) is 3.97. The number of phosphoric acid groups is 1. The highest BCUT2D eigenvalue weighted by Gasteiger charge is 2.36. The molecule has 1 heterocycles. The summed E-state index contributed by atoms with van der Waals surface area (Å²) in [6.45, 7) is 2.21.